The SMILES string of the molecule is CNC(=O)[C@@H]1CCCC[C@@H]1C(=O)N1CCC(Oc2cccc(F)c2)CC1. The van der Waals surface area contributed by atoms with E-state index in [2.05, 4.69) is 5.32 Å². The fraction of sp³-hybridized carbons (Fsp3) is 0.600. The molecule has 6 heteroatoms. The summed E-state index contributed by atoms with van der Waals surface area (Å²) < 4.78 is 19.1. The first-order valence-electron chi connectivity index (χ1n) is 9.51. The van der Waals surface area contributed by atoms with Crippen molar-refractivity contribution >= 4 is 11.8 Å². The highest BCUT2D eigenvalue weighted by molar-refractivity contribution is 5.87. The van der Waals surface area contributed by atoms with E-state index < -0.39 is 0 Å². The largest absolute Gasteiger partial charge is 0.490 e. The molecule has 0 aromatic heterocycles. The highest BCUT2D eigenvalue weighted by atomic mass is 19.1. The average Bonchev–Trinajstić information content (AvgIpc) is 2.67. The Balaban J connectivity index is 1.55. The van der Waals surface area contributed by atoms with Gasteiger partial charge >= 0.3 is 0 Å². The molecule has 1 saturated heterocycles. The molecule has 142 valence electrons. The Morgan fingerprint density at radius 2 is 1.81 bits per heavy atom. The van der Waals surface area contributed by atoms with Crippen LogP contribution in [-0.2, 0) is 9.59 Å². The second-order valence-corrected chi connectivity index (χ2v) is 7.21. The minimum Gasteiger partial charge on any atom is -0.490 e. The van der Waals surface area contributed by atoms with E-state index in [-0.39, 0.29) is 35.6 Å². The van der Waals surface area contributed by atoms with Crippen molar-refractivity contribution in [1.29, 1.82) is 0 Å². The van der Waals surface area contributed by atoms with Crippen molar-refractivity contribution in [3.8, 4) is 5.75 Å². The molecule has 2 amide bonds. The molecule has 0 bridgehead atoms. The Hall–Kier alpha value is -2.11. The van der Waals surface area contributed by atoms with E-state index >= 15 is 0 Å². The van der Waals surface area contributed by atoms with E-state index in [1.165, 1.54) is 12.1 Å². The maximum absolute atomic E-state index is 13.3. The predicted molar refractivity (Wildman–Crippen MR) is 96.1 cm³/mol. The molecular formula is C20H27FN2O3. The first kappa shape index (κ1) is 18.7. The Labute approximate surface area is 153 Å². The summed E-state index contributed by atoms with van der Waals surface area (Å²) in [5, 5.41) is 2.70. The van der Waals surface area contributed by atoms with E-state index in [0.29, 0.717) is 18.8 Å². The van der Waals surface area contributed by atoms with Crippen molar-refractivity contribution in [1.82, 2.24) is 10.2 Å². The number of halogens is 1. The number of hydrogen-bond donors (Lipinski definition) is 1. The predicted octanol–water partition coefficient (Wildman–Crippen LogP) is 2.75. The van der Waals surface area contributed by atoms with Gasteiger partial charge in [-0.2, -0.15) is 0 Å². The van der Waals surface area contributed by atoms with E-state index in [1.54, 1.807) is 19.2 Å². The molecule has 1 aromatic carbocycles. The van der Waals surface area contributed by atoms with Crippen LogP contribution in [0.15, 0.2) is 24.3 Å². The third-order valence-electron chi connectivity index (χ3n) is 5.52. The van der Waals surface area contributed by atoms with Crippen LogP contribution in [-0.4, -0.2) is 43.0 Å². The molecule has 5 nitrogen and oxygen atoms in total. The van der Waals surface area contributed by atoms with Crippen LogP contribution in [0.25, 0.3) is 0 Å². The number of hydrogen-bond acceptors (Lipinski definition) is 3. The van der Waals surface area contributed by atoms with Gasteiger partial charge in [-0.1, -0.05) is 18.9 Å². The molecule has 2 fully saturated rings. The summed E-state index contributed by atoms with van der Waals surface area (Å²) in [6, 6.07) is 6.15. The molecule has 1 aliphatic carbocycles. The van der Waals surface area contributed by atoms with Crippen molar-refractivity contribution in [3.63, 3.8) is 0 Å². The van der Waals surface area contributed by atoms with Crippen LogP contribution in [0.3, 0.4) is 0 Å². The molecule has 1 saturated carbocycles. The molecule has 1 heterocycles. The number of benzene rings is 1. The molecule has 26 heavy (non-hydrogen) atoms. The number of carbonyl (C=O) groups is 2. The lowest BCUT2D eigenvalue weighted by atomic mass is 9.77. The molecule has 2 aliphatic rings. The summed E-state index contributed by atoms with van der Waals surface area (Å²) in [7, 11) is 1.63. The summed E-state index contributed by atoms with van der Waals surface area (Å²) in [6.07, 6.45) is 5.02. The number of ether oxygens (including phenoxy) is 1. The monoisotopic (exact) mass is 362 g/mol. The van der Waals surface area contributed by atoms with Gasteiger partial charge in [-0.3, -0.25) is 9.59 Å². The lowest BCUT2D eigenvalue weighted by molar-refractivity contribution is -0.145. The number of rotatable bonds is 4. The van der Waals surface area contributed by atoms with Gasteiger partial charge in [-0.05, 0) is 25.0 Å². The van der Waals surface area contributed by atoms with Crippen LogP contribution in [0.5, 0.6) is 5.75 Å². The minimum absolute atomic E-state index is 0.0121. The van der Waals surface area contributed by atoms with Gasteiger partial charge in [0.15, 0.2) is 0 Å². The van der Waals surface area contributed by atoms with Crippen molar-refractivity contribution in [2.45, 2.75) is 44.6 Å². The van der Waals surface area contributed by atoms with Crippen molar-refractivity contribution in [2.24, 2.45) is 11.8 Å². The fourth-order valence-corrected chi connectivity index (χ4v) is 4.09. The Bertz CT molecular complexity index is 644. The Morgan fingerprint density at radius 3 is 2.46 bits per heavy atom. The van der Waals surface area contributed by atoms with Crippen LogP contribution in [0.1, 0.15) is 38.5 Å². The molecule has 1 aromatic rings. The van der Waals surface area contributed by atoms with Crippen molar-refractivity contribution < 1.29 is 18.7 Å². The summed E-state index contributed by atoms with van der Waals surface area (Å²) in [4.78, 5) is 26.9. The van der Waals surface area contributed by atoms with E-state index in [0.717, 1.165) is 38.5 Å². The quantitative estimate of drug-likeness (QED) is 0.896. The second kappa shape index (κ2) is 8.52. The van der Waals surface area contributed by atoms with Gasteiger partial charge in [-0.15, -0.1) is 0 Å². The van der Waals surface area contributed by atoms with Gasteiger partial charge < -0.3 is 15.0 Å². The van der Waals surface area contributed by atoms with Crippen molar-refractivity contribution in [2.75, 3.05) is 20.1 Å². The number of amides is 2. The highest BCUT2D eigenvalue weighted by Crippen LogP contribution is 2.32. The standard InChI is InChI=1S/C20H27FN2O3/c1-22-19(24)17-7-2-3-8-18(17)20(25)23-11-9-15(10-12-23)26-16-6-4-5-14(21)13-16/h4-6,13,15,17-18H,2-3,7-12H2,1H3,(H,22,24)/t17-,18+/m1/s1. The van der Waals surface area contributed by atoms with E-state index in [1.807, 2.05) is 4.90 Å². The van der Waals surface area contributed by atoms with Crippen LogP contribution >= 0.6 is 0 Å². The average molecular weight is 362 g/mol. The van der Waals surface area contributed by atoms with E-state index in [9.17, 15) is 14.0 Å². The highest BCUT2D eigenvalue weighted by Gasteiger charge is 2.38. The van der Waals surface area contributed by atoms with E-state index in [4.69, 9.17) is 4.74 Å². The van der Waals surface area contributed by atoms with Gasteiger partial charge in [0, 0.05) is 50.9 Å². The maximum Gasteiger partial charge on any atom is 0.226 e. The van der Waals surface area contributed by atoms with Crippen LogP contribution in [0.4, 0.5) is 4.39 Å². The number of carbonyl (C=O) groups excluding carboxylic acids is 2. The zero-order valence-corrected chi connectivity index (χ0v) is 15.2. The van der Waals surface area contributed by atoms with Gasteiger partial charge in [0.25, 0.3) is 0 Å². The number of piperidine rings is 1. The molecule has 1 aliphatic heterocycles. The molecular weight excluding hydrogens is 335 g/mol. The summed E-state index contributed by atoms with van der Waals surface area (Å²) in [5.41, 5.74) is 0. The van der Waals surface area contributed by atoms with Gasteiger partial charge in [0.1, 0.15) is 17.7 Å². The van der Waals surface area contributed by atoms with Crippen molar-refractivity contribution in [3.05, 3.63) is 30.1 Å². The lowest BCUT2D eigenvalue weighted by Gasteiger charge is -2.37. The Kier molecular flexibility index (Phi) is 6.12. The smallest absolute Gasteiger partial charge is 0.226 e. The first-order valence-corrected chi connectivity index (χ1v) is 9.51. The maximum atomic E-state index is 13.3. The topological polar surface area (TPSA) is 58.6 Å². The van der Waals surface area contributed by atoms with Gasteiger partial charge in [-0.25, -0.2) is 4.39 Å². The zero-order chi connectivity index (χ0) is 18.5. The van der Waals surface area contributed by atoms with Crippen LogP contribution in [0, 0.1) is 17.7 Å². The molecule has 0 unspecified atom stereocenters. The zero-order valence-electron chi connectivity index (χ0n) is 15.2. The van der Waals surface area contributed by atoms with Gasteiger partial charge in [0.2, 0.25) is 11.8 Å². The summed E-state index contributed by atoms with van der Waals surface area (Å²) >= 11 is 0. The fourth-order valence-electron chi connectivity index (χ4n) is 4.09. The normalized spacial score (nSPS) is 24.2. The Morgan fingerprint density at radius 1 is 1.12 bits per heavy atom. The number of nitrogens with one attached hydrogen (secondary N) is 1. The second-order valence-electron chi connectivity index (χ2n) is 7.21. The third kappa shape index (κ3) is 4.34. The first-order chi connectivity index (χ1) is 12.6. The third-order valence-corrected chi connectivity index (χ3v) is 5.52. The molecule has 3 rings (SSSR count). The minimum atomic E-state index is -0.312. The summed E-state index contributed by atoms with van der Waals surface area (Å²) in [5.74, 6) is -0.115. The molecule has 2 atom stereocenters. The number of nitrogens with zero attached hydrogens (tertiary/aromatic N) is 1. The summed E-state index contributed by atoms with van der Waals surface area (Å²) in [6.45, 7) is 1.24. The van der Waals surface area contributed by atoms with Crippen LogP contribution in [0.2, 0.25) is 0 Å². The van der Waals surface area contributed by atoms with Gasteiger partial charge in [0.05, 0.1) is 0 Å². The molecule has 0 spiro atoms. The lowest BCUT2D eigenvalue weighted by Crippen LogP contribution is -2.48. The molecule has 0 radical (unpaired) electrons. The molecule has 1 N–H and O–H groups in total. The van der Waals surface area contributed by atoms with Crippen LogP contribution < -0.4 is 10.1 Å². The number of likely N-dealkylation sites (tertiary alicyclic amines) is 1.